The Labute approximate surface area is 178 Å². The Hall–Kier alpha value is -4.19. The Bertz CT molecular complexity index is 1310. The van der Waals surface area contributed by atoms with Gasteiger partial charge in [-0.1, -0.05) is 48.5 Å². The first kappa shape index (κ1) is 20.1. The van der Waals surface area contributed by atoms with E-state index in [1.54, 1.807) is 49.4 Å². The summed E-state index contributed by atoms with van der Waals surface area (Å²) in [5, 5.41) is 3.77. The molecular formula is C25H19NO5. The molecule has 6 nitrogen and oxygen atoms in total. The largest absolute Gasteiger partial charge is 0.462 e. The molecule has 0 saturated heterocycles. The van der Waals surface area contributed by atoms with Gasteiger partial charge in [-0.15, -0.1) is 0 Å². The first-order chi connectivity index (χ1) is 15.1. The van der Waals surface area contributed by atoms with Crippen molar-refractivity contribution in [2.24, 2.45) is 0 Å². The quantitative estimate of drug-likeness (QED) is 0.471. The molecule has 0 bridgehead atoms. The molecule has 0 spiro atoms. The van der Waals surface area contributed by atoms with E-state index in [0.717, 1.165) is 5.56 Å². The second kappa shape index (κ2) is 8.67. The summed E-state index contributed by atoms with van der Waals surface area (Å²) < 4.78 is 10.4. The number of carbonyl (C=O) groups is 2. The Kier molecular flexibility index (Phi) is 5.62. The van der Waals surface area contributed by atoms with Crippen LogP contribution in [0.1, 0.15) is 27.8 Å². The zero-order chi connectivity index (χ0) is 21.8. The molecule has 0 unspecified atom stereocenters. The van der Waals surface area contributed by atoms with E-state index in [1.807, 2.05) is 36.4 Å². The number of esters is 1. The third-order valence-corrected chi connectivity index (χ3v) is 4.76. The highest BCUT2D eigenvalue weighted by atomic mass is 16.5. The van der Waals surface area contributed by atoms with Crippen LogP contribution in [0.2, 0.25) is 0 Å². The van der Waals surface area contributed by atoms with Gasteiger partial charge < -0.3 is 14.5 Å². The van der Waals surface area contributed by atoms with Crippen molar-refractivity contribution in [1.82, 2.24) is 0 Å². The number of benzene rings is 3. The molecule has 1 N–H and O–H groups in total. The van der Waals surface area contributed by atoms with E-state index in [1.165, 1.54) is 0 Å². The highest BCUT2D eigenvalue weighted by Crippen LogP contribution is 2.31. The van der Waals surface area contributed by atoms with E-state index in [2.05, 4.69) is 5.32 Å². The van der Waals surface area contributed by atoms with Gasteiger partial charge in [-0.25, -0.2) is 9.59 Å². The van der Waals surface area contributed by atoms with Crippen LogP contribution in [0, 0.1) is 0 Å². The lowest BCUT2D eigenvalue weighted by Crippen LogP contribution is -2.17. The summed E-state index contributed by atoms with van der Waals surface area (Å²) in [5.41, 5.74) is 1.54. The van der Waals surface area contributed by atoms with E-state index >= 15 is 0 Å². The van der Waals surface area contributed by atoms with Crippen LogP contribution < -0.4 is 10.9 Å². The van der Waals surface area contributed by atoms with Crippen molar-refractivity contribution in [3.63, 3.8) is 0 Å². The molecule has 0 saturated carbocycles. The van der Waals surface area contributed by atoms with E-state index in [-0.39, 0.29) is 12.4 Å². The van der Waals surface area contributed by atoms with Gasteiger partial charge in [-0.2, -0.15) is 0 Å². The summed E-state index contributed by atoms with van der Waals surface area (Å²) in [5.74, 6) is -1.08. The Morgan fingerprint density at radius 1 is 0.871 bits per heavy atom. The minimum Gasteiger partial charge on any atom is -0.462 e. The first-order valence-corrected chi connectivity index (χ1v) is 9.78. The van der Waals surface area contributed by atoms with E-state index in [0.29, 0.717) is 27.6 Å². The van der Waals surface area contributed by atoms with Crippen LogP contribution in [0.4, 0.5) is 5.69 Å². The van der Waals surface area contributed by atoms with E-state index in [4.69, 9.17) is 9.15 Å². The fraction of sp³-hybridized carbons (Fsp3) is 0.0800. The maximum atomic E-state index is 13.1. The van der Waals surface area contributed by atoms with Crippen molar-refractivity contribution in [2.75, 3.05) is 11.9 Å². The standard InChI is InChI=1S/C25H19NO5/c1-2-30-24(28)17-12-14-18(15-13-17)26-23(27)22-21(16-8-4-3-5-9-16)19-10-6-7-11-20(19)25(29)31-22/h3-15H,2H2,1H3,(H,26,27). The molecule has 0 fully saturated rings. The Balaban J connectivity index is 1.75. The van der Waals surface area contributed by atoms with Crippen LogP contribution in [0.15, 0.2) is 88.1 Å². The second-order valence-electron chi connectivity index (χ2n) is 6.76. The molecule has 0 aliphatic rings. The average molecular weight is 413 g/mol. The predicted octanol–water partition coefficient (Wildman–Crippen LogP) is 4.89. The maximum Gasteiger partial charge on any atom is 0.344 e. The van der Waals surface area contributed by atoms with E-state index in [9.17, 15) is 14.4 Å². The van der Waals surface area contributed by atoms with Gasteiger partial charge in [0.2, 0.25) is 5.76 Å². The lowest BCUT2D eigenvalue weighted by atomic mass is 9.98. The molecule has 154 valence electrons. The lowest BCUT2D eigenvalue weighted by Gasteiger charge is -2.12. The molecule has 0 atom stereocenters. The zero-order valence-corrected chi connectivity index (χ0v) is 16.8. The molecule has 1 heterocycles. The van der Waals surface area contributed by atoms with Crippen LogP contribution in [-0.4, -0.2) is 18.5 Å². The molecule has 0 aliphatic heterocycles. The van der Waals surface area contributed by atoms with Crippen LogP contribution >= 0.6 is 0 Å². The van der Waals surface area contributed by atoms with Crippen molar-refractivity contribution in [2.45, 2.75) is 6.92 Å². The van der Waals surface area contributed by atoms with Gasteiger partial charge in [-0.05, 0) is 42.8 Å². The van der Waals surface area contributed by atoms with Crippen LogP contribution in [0.25, 0.3) is 21.9 Å². The summed E-state index contributed by atoms with van der Waals surface area (Å²) in [6.07, 6.45) is 0. The number of hydrogen-bond donors (Lipinski definition) is 1. The van der Waals surface area contributed by atoms with Gasteiger partial charge in [0.15, 0.2) is 0 Å². The van der Waals surface area contributed by atoms with E-state index < -0.39 is 17.5 Å². The topological polar surface area (TPSA) is 85.6 Å². The zero-order valence-electron chi connectivity index (χ0n) is 16.8. The third-order valence-electron chi connectivity index (χ3n) is 4.76. The molecule has 4 aromatic rings. The smallest absolute Gasteiger partial charge is 0.344 e. The van der Waals surface area contributed by atoms with Crippen LogP contribution in [0.3, 0.4) is 0 Å². The number of carbonyl (C=O) groups excluding carboxylic acids is 2. The second-order valence-corrected chi connectivity index (χ2v) is 6.76. The molecular weight excluding hydrogens is 394 g/mol. The molecule has 4 rings (SSSR count). The highest BCUT2D eigenvalue weighted by molar-refractivity contribution is 6.11. The SMILES string of the molecule is CCOC(=O)c1ccc(NC(=O)c2oc(=O)c3ccccc3c2-c2ccccc2)cc1. The average Bonchev–Trinajstić information content (AvgIpc) is 2.80. The third kappa shape index (κ3) is 4.09. The Morgan fingerprint density at radius 3 is 2.19 bits per heavy atom. The normalized spacial score (nSPS) is 10.6. The minimum atomic E-state index is -0.585. The summed E-state index contributed by atoms with van der Waals surface area (Å²) in [4.78, 5) is 37.4. The van der Waals surface area contributed by atoms with Crippen LogP contribution in [-0.2, 0) is 4.74 Å². The molecule has 1 amide bonds. The molecule has 31 heavy (non-hydrogen) atoms. The van der Waals surface area contributed by atoms with Crippen molar-refractivity contribution in [3.8, 4) is 11.1 Å². The van der Waals surface area contributed by atoms with Crippen molar-refractivity contribution in [3.05, 3.63) is 101 Å². The van der Waals surface area contributed by atoms with Gasteiger partial charge >= 0.3 is 11.6 Å². The predicted molar refractivity (Wildman–Crippen MR) is 118 cm³/mol. The summed E-state index contributed by atoms with van der Waals surface area (Å²) in [6, 6.07) is 22.6. The number of anilines is 1. The Morgan fingerprint density at radius 2 is 1.52 bits per heavy atom. The van der Waals surface area contributed by atoms with Gasteiger partial charge in [0.1, 0.15) is 0 Å². The highest BCUT2D eigenvalue weighted by Gasteiger charge is 2.21. The molecule has 0 radical (unpaired) electrons. The van der Waals surface area contributed by atoms with Crippen LogP contribution in [0.5, 0.6) is 0 Å². The molecule has 1 aromatic heterocycles. The fourth-order valence-electron chi connectivity index (χ4n) is 3.34. The van der Waals surface area contributed by atoms with Crippen molar-refractivity contribution >= 4 is 28.3 Å². The number of fused-ring (bicyclic) bond motifs is 1. The summed E-state index contributed by atoms with van der Waals surface area (Å²) in [7, 11) is 0. The van der Waals surface area contributed by atoms with Gasteiger partial charge in [0.05, 0.1) is 17.6 Å². The first-order valence-electron chi connectivity index (χ1n) is 9.78. The molecule has 0 aliphatic carbocycles. The van der Waals surface area contributed by atoms with Crippen molar-refractivity contribution in [1.29, 1.82) is 0 Å². The van der Waals surface area contributed by atoms with Gasteiger partial charge in [0, 0.05) is 16.6 Å². The number of nitrogens with one attached hydrogen (secondary N) is 1. The lowest BCUT2D eigenvalue weighted by molar-refractivity contribution is 0.0526. The minimum absolute atomic E-state index is 0.0793. The number of rotatable bonds is 5. The molecule has 6 heteroatoms. The van der Waals surface area contributed by atoms with Gasteiger partial charge in [0.25, 0.3) is 5.91 Å². The van der Waals surface area contributed by atoms with Gasteiger partial charge in [-0.3, -0.25) is 4.79 Å². The monoisotopic (exact) mass is 413 g/mol. The fourth-order valence-corrected chi connectivity index (χ4v) is 3.34. The molecule has 3 aromatic carbocycles. The summed E-state index contributed by atoms with van der Waals surface area (Å²) >= 11 is 0. The van der Waals surface area contributed by atoms with Crippen molar-refractivity contribution < 1.29 is 18.7 Å². The number of amides is 1. The number of hydrogen-bond acceptors (Lipinski definition) is 5. The maximum absolute atomic E-state index is 13.1. The number of ether oxygens (including phenoxy) is 1. The summed E-state index contributed by atoms with van der Waals surface area (Å²) in [6.45, 7) is 2.01.